The molecule has 0 radical (unpaired) electrons. The highest BCUT2D eigenvalue weighted by Gasteiger charge is 2.42. The molecule has 90 valence electrons. The fraction of sp³-hybridized carbons (Fsp3) is 0.636. The number of epoxide rings is 1. The summed E-state index contributed by atoms with van der Waals surface area (Å²) < 4.78 is 10.3. The Hall–Kier alpha value is -1.36. The van der Waals surface area contributed by atoms with E-state index >= 15 is 0 Å². The quantitative estimate of drug-likeness (QED) is 0.441. The highest BCUT2D eigenvalue weighted by atomic mass is 16.6. The lowest BCUT2D eigenvalue weighted by Gasteiger charge is -2.28. The number of carbonyl (C=O) groups excluding carboxylic acids is 1. The number of carboxylic acids is 1. The standard InChI is InChI=1S/C11H16O5/c1-11(2,3)10(7-6-15-7)16-9(14)5-4-8(12)13/h4-5,7,10H,6H2,1-3H3,(H,12,13)/b5-4+. The Bertz CT molecular complexity index is 309. The lowest BCUT2D eigenvalue weighted by molar-refractivity contribution is -0.150. The molecular weight excluding hydrogens is 212 g/mol. The molecule has 0 spiro atoms. The number of carboxylic acid groups (broad SMARTS) is 1. The van der Waals surface area contributed by atoms with Crippen LogP contribution < -0.4 is 0 Å². The zero-order chi connectivity index (χ0) is 12.3. The summed E-state index contributed by atoms with van der Waals surface area (Å²) in [6, 6.07) is 0. The van der Waals surface area contributed by atoms with Gasteiger partial charge >= 0.3 is 11.9 Å². The van der Waals surface area contributed by atoms with Gasteiger partial charge in [-0.3, -0.25) is 0 Å². The van der Waals surface area contributed by atoms with Gasteiger partial charge in [0.05, 0.1) is 6.61 Å². The largest absolute Gasteiger partial charge is 0.478 e. The van der Waals surface area contributed by atoms with Gasteiger partial charge in [-0.25, -0.2) is 9.59 Å². The lowest BCUT2D eigenvalue weighted by Crippen LogP contribution is -2.36. The van der Waals surface area contributed by atoms with Crippen molar-refractivity contribution in [1.29, 1.82) is 0 Å². The van der Waals surface area contributed by atoms with Crippen LogP contribution in [0.15, 0.2) is 12.2 Å². The van der Waals surface area contributed by atoms with Gasteiger partial charge < -0.3 is 14.6 Å². The Balaban J connectivity index is 2.55. The van der Waals surface area contributed by atoms with Gasteiger partial charge in [-0.05, 0) is 0 Å². The van der Waals surface area contributed by atoms with E-state index in [1.807, 2.05) is 20.8 Å². The summed E-state index contributed by atoms with van der Waals surface area (Å²) in [4.78, 5) is 21.5. The van der Waals surface area contributed by atoms with Gasteiger partial charge in [-0.15, -0.1) is 0 Å². The Morgan fingerprint density at radius 2 is 2.00 bits per heavy atom. The van der Waals surface area contributed by atoms with Crippen LogP contribution in [0, 0.1) is 5.41 Å². The maximum Gasteiger partial charge on any atom is 0.331 e. The summed E-state index contributed by atoms with van der Waals surface area (Å²) in [6.45, 7) is 6.40. The molecule has 1 rings (SSSR count). The minimum atomic E-state index is -1.17. The molecule has 1 saturated heterocycles. The minimum Gasteiger partial charge on any atom is -0.478 e. The molecule has 0 aromatic carbocycles. The van der Waals surface area contributed by atoms with Crippen molar-refractivity contribution in [1.82, 2.24) is 0 Å². The van der Waals surface area contributed by atoms with E-state index in [0.717, 1.165) is 12.2 Å². The monoisotopic (exact) mass is 228 g/mol. The molecule has 5 heteroatoms. The number of hydrogen-bond acceptors (Lipinski definition) is 4. The summed E-state index contributed by atoms with van der Waals surface area (Å²) in [5.41, 5.74) is -0.228. The van der Waals surface area contributed by atoms with E-state index in [2.05, 4.69) is 0 Å². The number of rotatable bonds is 4. The second-order valence-corrected chi connectivity index (χ2v) is 4.77. The molecule has 0 aliphatic carbocycles. The van der Waals surface area contributed by atoms with E-state index in [1.54, 1.807) is 0 Å². The van der Waals surface area contributed by atoms with Crippen LogP contribution in [0.25, 0.3) is 0 Å². The Kier molecular flexibility index (Phi) is 3.70. The van der Waals surface area contributed by atoms with Crippen LogP contribution >= 0.6 is 0 Å². The number of hydrogen-bond donors (Lipinski definition) is 1. The summed E-state index contributed by atoms with van der Waals surface area (Å²) in [5.74, 6) is -1.83. The van der Waals surface area contributed by atoms with Crippen molar-refractivity contribution in [3.8, 4) is 0 Å². The molecule has 1 aliphatic rings. The third-order valence-corrected chi connectivity index (χ3v) is 2.16. The van der Waals surface area contributed by atoms with Crippen LogP contribution in [0.5, 0.6) is 0 Å². The van der Waals surface area contributed by atoms with Crippen LogP contribution in [-0.2, 0) is 19.1 Å². The maximum atomic E-state index is 11.3. The molecule has 2 unspecified atom stereocenters. The first-order valence-corrected chi connectivity index (χ1v) is 5.04. The van der Waals surface area contributed by atoms with Crippen LogP contribution in [-0.4, -0.2) is 35.9 Å². The highest BCUT2D eigenvalue weighted by molar-refractivity contribution is 5.90. The van der Waals surface area contributed by atoms with Gasteiger partial charge in [0.2, 0.25) is 0 Å². The van der Waals surface area contributed by atoms with Gasteiger partial charge in [0.25, 0.3) is 0 Å². The molecule has 1 heterocycles. The molecule has 0 aromatic rings. The summed E-state index contributed by atoms with van der Waals surface area (Å²) in [6.07, 6.45) is 1.25. The van der Waals surface area contributed by atoms with Crippen molar-refractivity contribution < 1.29 is 24.2 Å². The third kappa shape index (κ3) is 4.02. The van der Waals surface area contributed by atoms with Crippen molar-refractivity contribution in [3.05, 3.63) is 12.2 Å². The average molecular weight is 228 g/mol. The zero-order valence-electron chi connectivity index (χ0n) is 9.60. The lowest BCUT2D eigenvalue weighted by atomic mass is 9.87. The van der Waals surface area contributed by atoms with E-state index in [1.165, 1.54) is 0 Å². The fourth-order valence-corrected chi connectivity index (χ4v) is 1.34. The summed E-state index contributed by atoms with van der Waals surface area (Å²) >= 11 is 0. The van der Waals surface area contributed by atoms with Gasteiger partial charge in [-0.2, -0.15) is 0 Å². The van der Waals surface area contributed by atoms with Crippen molar-refractivity contribution >= 4 is 11.9 Å². The van der Waals surface area contributed by atoms with E-state index < -0.39 is 11.9 Å². The highest BCUT2D eigenvalue weighted by Crippen LogP contribution is 2.32. The first-order chi connectivity index (χ1) is 7.30. The number of esters is 1. The van der Waals surface area contributed by atoms with Crippen LogP contribution in [0.1, 0.15) is 20.8 Å². The number of carbonyl (C=O) groups is 2. The molecule has 1 fully saturated rings. The Morgan fingerprint density at radius 1 is 1.44 bits per heavy atom. The molecule has 0 aromatic heterocycles. The smallest absolute Gasteiger partial charge is 0.331 e. The van der Waals surface area contributed by atoms with Gasteiger partial charge in [0, 0.05) is 17.6 Å². The summed E-state index contributed by atoms with van der Waals surface area (Å²) in [5, 5.41) is 8.36. The first kappa shape index (κ1) is 12.7. The topological polar surface area (TPSA) is 76.1 Å². The van der Waals surface area contributed by atoms with E-state index in [-0.39, 0.29) is 17.6 Å². The molecule has 1 aliphatic heterocycles. The molecular formula is C11H16O5. The molecule has 0 saturated carbocycles. The molecule has 5 nitrogen and oxygen atoms in total. The van der Waals surface area contributed by atoms with E-state index in [4.69, 9.17) is 14.6 Å². The first-order valence-electron chi connectivity index (χ1n) is 5.04. The van der Waals surface area contributed by atoms with Crippen molar-refractivity contribution in [2.24, 2.45) is 5.41 Å². The molecule has 2 atom stereocenters. The van der Waals surface area contributed by atoms with Crippen LogP contribution in [0.3, 0.4) is 0 Å². The van der Waals surface area contributed by atoms with Crippen molar-refractivity contribution in [2.45, 2.75) is 33.0 Å². The van der Waals surface area contributed by atoms with E-state index in [0.29, 0.717) is 6.61 Å². The van der Waals surface area contributed by atoms with Crippen LogP contribution in [0.4, 0.5) is 0 Å². The number of ether oxygens (including phenoxy) is 2. The maximum absolute atomic E-state index is 11.3. The molecule has 0 bridgehead atoms. The van der Waals surface area contributed by atoms with Crippen molar-refractivity contribution in [3.63, 3.8) is 0 Å². The average Bonchev–Trinajstić information content (AvgIpc) is 2.92. The summed E-state index contributed by atoms with van der Waals surface area (Å²) in [7, 11) is 0. The SMILES string of the molecule is CC(C)(C)C(OC(=O)/C=C/C(=O)O)C1CO1. The minimum absolute atomic E-state index is 0.0674. The van der Waals surface area contributed by atoms with Gasteiger partial charge in [0.1, 0.15) is 12.2 Å². The van der Waals surface area contributed by atoms with Crippen LogP contribution in [0.2, 0.25) is 0 Å². The Morgan fingerprint density at radius 3 is 2.38 bits per heavy atom. The van der Waals surface area contributed by atoms with Gasteiger partial charge in [-0.1, -0.05) is 20.8 Å². The fourth-order valence-electron chi connectivity index (χ4n) is 1.34. The predicted molar refractivity (Wildman–Crippen MR) is 55.9 cm³/mol. The Labute approximate surface area is 94.0 Å². The third-order valence-electron chi connectivity index (χ3n) is 2.16. The van der Waals surface area contributed by atoms with Gasteiger partial charge in [0.15, 0.2) is 0 Å². The zero-order valence-corrected chi connectivity index (χ0v) is 9.60. The molecule has 16 heavy (non-hydrogen) atoms. The number of aliphatic carboxylic acids is 1. The van der Waals surface area contributed by atoms with Crippen molar-refractivity contribution in [2.75, 3.05) is 6.61 Å². The van der Waals surface area contributed by atoms with E-state index in [9.17, 15) is 9.59 Å². The molecule has 0 amide bonds. The molecule has 1 N–H and O–H groups in total. The predicted octanol–water partition coefficient (Wildman–Crippen LogP) is 0.984. The normalized spacial score (nSPS) is 21.8. The second-order valence-electron chi connectivity index (χ2n) is 4.77. The second kappa shape index (κ2) is 4.65.